The average molecular weight is 295 g/mol. The molecule has 0 unspecified atom stereocenters. The van der Waals surface area contributed by atoms with Gasteiger partial charge in [0.25, 0.3) is 5.91 Å². The minimum atomic E-state index is -1.14. The number of halogens is 1. The Balaban J connectivity index is 1.88. The number of aromatic nitrogens is 3. The average Bonchev–Trinajstić information content (AvgIpc) is 2.88. The van der Waals surface area contributed by atoms with Crippen LogP contribution in [0, 0.1) is 0 Å². The molecule has 0 aliphatic carbocycles. The Morgan fingerprint density at radius 2 is 2.10 bits per heavy atom. The SMILES string of the molecule is O=C(O)c1cn(CCNC(=O)c2ccccc2Cl)nn1. The summed E-state index contributed by atoms with van der Waals surface area (Å²) in [5, 5.41) is 18.8. The second kappa shape index (κ2) is 6.16. The lowest BCUT2D eigenvalue weighted by Crippen LogP contribution is -2.27. The number of carbonyl (C=O) groups is 2. The summed E-state index contributed by atoms with van der Waals surface area (Å²) in [4.78, 5) is 22.5. The lowest BCUT2D eigenvalue weighted by Gasteiger charge is -2.06. The van der Waals surface area contributed by atoms with Crippen LogP contribution < -0.4 is 5.32 Å². The number of amides is 1. The molecule has 1 amide bonds. The van der Waals surface area contributed by atoms with Crippen molar-refractivity contribution >= 4 is 23.5 Å². The van der Waals surface area contributed by atoms with Crippen molar-refractivity contribution in [2.75, 3.05) is 6.54 Å². The van der Waals surface area contributed by atoms with E-state index in [4.69, 9.17) is 16.7 Å². The predicted octanol–water partition coefficient (Wildman–Crippen LogP) is 1.06. The van der Waals surface area contributed by atoms with Crippen LogP contribution in [-0.2, 0) is 6.54 Å². The smallest absolute Gasteiger partial charge is 0.358 e. The molecule has 0 aliphatic heterocycles. The lowest BCUT2D eigenvalue weighted by atomic mass is 10.2. The van der Waals surface area contributed by atoms with E-state index in [1.165, 1.54) is 10.9 Å². The number of hydrogen-bond donors (Lipinski definition) is 2. The molecule has 2 aromatic rings. The van der Waals surface area contributed by atoms with E-state index >= 15 is 0 Å². The van der Waals surface area contributed by atoms with Crippen LogP contribution in [0.1, 0.15) is 20.8 Å². The second-order valence-corrected chi connectivity index (χ2v) is 4.31. The van der Waals surface area contributed by atoms with Crippen molar-refractivity contribution in [3.63, 3.8) is 0 Å². The highest BCUT2D eigenvalue weighted by Crippen LogP contribution is 2.14. The van der Waals surface area contributed by atoms with Crippen LogP contribution in [-0.4, -0.2) is 38.5 Å². The molecule has 20 heavy (non-hydrogen) atoms. The fraction of sp³-hybridized carbons (Fsp3) is 0.167. The third-order valence-corrected chi connectivity index (χ3v) is 2.83. The number of carbonyl (C=O) groups excluding carboxylic acids is 1. The van der Waals surface area contributed by atoms with E-state index in [9.17, 15) is 9.59 Å². The van der Waals surface area contributed by atoms with E-state index in [2.05, 4.69) is 15.6 Å². The maximum Gasteiger partial charge on any atom is 0.358 e. The molecule has 0 spiro atoms. The summed E-state index contributed by atoms with van der Waals surface area (Å²) in [6, 6.07) is 6.71. The summed E-state index contributed by atoms with van der Waals surface area (Å²) in [6.45, 7) is 0.600. The number of carboxylic acid groups (broad SMARTS) is 1. The van der Waals surface area contributed by atoms with Gasteiger partial charge in [0.1, 0.15) is 0 Å². The maximum atomic E-state index is 11.8. The van der Waals surface area contributed by atoms with Crippen LogP contribution in [0.25, 0.3) is 0 Å². The largest absolute Gasteiger partial charge is 0.476 e. The van der Waals surface area contributed by atoms with Gasteiger partial charge in [-0.3, -0.25) is 4.79 Å². The summed E-state index contributed by atoms with van der Waals surface area (Å²) in [5.41, 5.74) is 0.251. The van der Waals surface area contributed by atoms with Crippen LogP contribution in [0.2, 0.25) is 5.02 Å². The lowest BCUT2D eigenvalue weighted by molar-refractivity contribution is 0.0690. The highest BCUT2D eigenvalue weighted by molar-refractivity contribution is 6.33. The molecule has 7 nitrogen and oxygen atoms in total. The molecular formula is C12H11ClN4O3. The first-order chi connectivity index (χ1) is 9.58. The quantitative estimate of drug-likeness (QED) is 0.859. The van der Waals surface area contributed by atoms with Crippen LogP contribution in [0.4, 0.5) is 0 Å². The number of nitrogens with zero attached hydrogens (tertiary/aromatic N) is 3. The van der Waals surface area contributed by atoms with Gasteiger partial charge in [-0.15, -0.1) is 5.10 Å². The molecule has 1 aromatic carbocycles. The van der Waals surface area contributed by atoms with Gasteiger partial charge in [-0.05, 0) is 12.1 Å². The molecule has 1 heterocycles. The molecule has 104 valence electrons. The molecule has 0 aliphatic rings. The summed E-state index contributed by atoms with van der Waals surface area (Å²) >= 11 is 5.90. The van der Waals surface area contributed by atoms with Crippen molar-refractivity contribution in [2.24, 2.45) is 0 Å². The van der Waals surface area contributed by atoms with Gasteiger partial charge in [0.15, 0.2) is 5.69 Å². The van der Waals surface area contributed by atoms with Crippen LogP contribution in [0.3, 0.4) is 0 Å². The number of carboxylic acids is 1. The van der Waals surface area contributed by atoms with Gasteiger partial charge in [0, 0.05) is 6.54 Å². The number of nitrogens with one attached hydrogen (secondary N) is 1. The van der Waals surface area contributed by atoms with Gasteiger partial charge in [0.2, 0.25) is 0 Å². The summed E-state index contributed by atoms with van der Waals surface area (Å²) in [6.07, 6.45) is 1.30. The second-order valence-electron chi connectivity index (χ2n) is 3.91. The minimum Gasteiger partial charge on any atom is -0.476 e. The third-order valence-electron chi connectivity index (χ3n) is 2.50. The van der Waals surface area contributed by atoms with Gasteiger partial charge < -0.3 is 10.4 Å². The highest BCUT2D eigenvalue weighted by atomic mass is 35.5. The zero-order valence-corrected chi connectivity index (χ0v) is 11.0. The van der Waals surface area contributed by atoms with Crippen LogP contribution in [0.5, 0.6) is 0 Å². The number of benzene rings is 1. The van der Waals surface area contributed by atoms with E-state index in [-0.39, 0.29) is 18.1 Å². The number of rotatable bonds is 5. The van der Waals surface area contributed by atoms with Crippen molar-refractivity contribution in [1.82, 2.24) is 20.3 Å². The minimum absolute atomic E-state index is 0.137. The summed E-state index contributed by atoms with van der Waals surface area (Å²) in [5.74, 6) is -1.44. The fourth-order valence-corrected chi connectivity index (χ4v) is 1.75. The van der Waals surface area contributed by atoms with Crippen molar-refractivity contribution < 1.29 is 14.7 Å². The van der Waals surface area contributed by atoms with Gasteiger partial charge in [-0.1, -0.05) is 28.9 Å². The monoisotopic (exact) mass is 294 g/mol. The Morgan fingerprint density at radius 1 is 1.35 bits per heavy atom. The molecule has 0 saturated heterocycles. The topological polar surface area (TPSA) is 97.1 Å². The molecule has 0 radical (unpaired) electrons. The van der Waals surface area contributed by atoms with Gasteiger partial charge in [-0.25, -0.2) is 9.48 Å². The number of aromatic carboxylic acids is 1. The van der Waals surface area contributed by atoms with Crippen LogP contribution in [0.15, 0.2) is 30.5 Å². The predicted molar refractivity (Wildman–Crippen MR) is 70.8 cm³/mol. The van der Waals surface area contributed by atoms with Crippen molar-refractivity contribution in [3.8, 4) is 0 Å². The Kier molecular flexibility index (Phi) is 4.31. The molecule has 8 heteroatoms. The van der Waals surface area contributed by atoms with Crippen LogP contribution >= 0.6 is 11.6 Å². The fourth-order valence-electron chi connectivity index (χ4n) is 1.53. The molecule has 2 rings (SSSR count). The molecule has 0 saturated carbocycles. The van der Waals surface area contributed by atoms with E-state index < -0.39 is 5.97 Å². The Labute approximate surface area is 119 Å². The Morgan fingerprint density at radius 3 is 2.75 bits per heavy atom. The van der Waals surface area contributed by atoms with E-state index in [1.807, 2.05) is 0 Å². The van der Waals surface area contributed by atoms with Gasteiger partial charge in [0.05, 0.1) is 23.3 Å². The van der Waals surface area contributed by atoms with E-state index in [0.29, 0.717) is 17.1 Å². The van der Waals surface area contributed by atoms with Crippen molar-refractivity contribution in [2.45, 2.75) is 6.54 Å². The summed E-state index contributed by atoms with van der Waals surface area (Å²) in [7, 11) is 0. The van der Waals surface area contributed by atoms with E-state index in [1.54, 1.807) is 24.3 Å². The van der Waals surface area contributed by atoms with Crippen molar-refractivity contribution in [1.29, 1.82) is 0 Å². The summed E-state index contributed by atoms with van der Waals surface area (Å²) < 4.78 is 1.34. The van der Waals surface area contributed by atoms with Gasteiger partial charge in [-0.2, -0.15) is 0 Å². The molecule has 0 bridgehead atoms. The standard InChI is InChI=1S/C12H11ClN4O3/c13-9-4-2-1-3-8(9)11(18)14-5-6-17-7-10(12(19)20)15-16-17/h1-4,7H,5-6H2,(H,14,18)(H,19,20). The molecule has 0 atom stereocenters. The molecule has 1 aromatic heterocycles. The Hall–Kier alpha value is -2.41. The molecular weight excluding hydrogens is 284 g/mol. The first-order valence-electron chi connectivity index (χ1n) is 5.74. The zero-order chi connectivity index (χ0) is 14.5. The maximum absolute atomic E-state index is 11.8. The van der Waals surface area contributed by atoms with Gasteiger partial charge >= 0.3 is 5.97 Å². The zero-order valence-electron chi connectivity index (χ0n) is 10.3. The molecule has 2 N–H and O–H groups in total. The molecule has 0 fully saturated rings. The third kappa shape index (κ3) is 3.33. The normalized spacial score (nSPS) is 10.2. The first-order valence-corrected chi connectivity index (χ1v) is 6.12. The first kappa shape index (κ1) is 14.0. The number of hydrogen-bond acceptors (Lipinski definition) is 4. The Bertz CT molecular complexity index is 641. The van der Waals surface area contributed by atoms with Crippen molar-refractivity contribution in [3.05, 3.63) is 46.7 Å². The highest BCUT2D eigenvalue weighted by Gasteiger charge is 2.10. The van der Waals surface area contributed by atoms with E-state index in [0.717, 1.165) is 0 Å².